The summed E-state index contributed by atoms with van der Waals surface area (Å²) in [6.07, 6.45) is -4.71. The van der Waals surface area contributed by atoms with Crippen LogP contribution in [0.4, 0.5) is 17.5 Å². The minimum atomic E-state index is -1.35. The quantitative estimate of drug-likeness (QED) is 0.138. The molecule has 1 aromatic rings. The van der Waals surface area contributed by atoms with Crippen molar-refractivity contribution >= 4 is 17.5 Å². The first-order chi connectivity index (χ1) is 12.5. The molecule has 4 unspecified atom stereocenters. The molecule has 2 heterocycles. The minimum absolute atomic E-state index is 0.0332. The van der Waals surface area contributed by atoms with Gasteiger partial charge in [0.15, 0.2) is 12.0 Å². The van der Waals surface area contributed by atoms with Crippen molar-refractivity contribution in [3.05, 3.63) is 10.4 Å². The van der Waals surface area contributed by atoms with Gasteiger partial charge in [-0.25, -0.2) is 0 Å². The number of aromatic nitrogens is 2. The summed E-state index contributed by atoms with van der Waals surface area (Å²) in [5.41, 5.74) is 9.96. The van der Waals surface area contributed by atoms with Crippen LogP contribution in [0.5, 0.6) is 0 Å². The van der Waals surface area contributed by atoms with E-state index in [4.69, 9.17) is 20.5 Å². The van der Waals surface area contributed by atoms with Crippen LogP contribution in [0.1, 0.15) is 0 Å². The van der Waals surface area contributed by atoms with E-state index in [1.807, 2.05) is 5.64 Å². The van der Waals surface area contributed by atoms with Crippen LogP contribution < -0.4 is 38.9 Å². The summed E-state index contributed by atoms with van der Waals surface area (Å²) in [6, 6.07) is 0. The molecular weight excluding hydrogens is 360 g/mol. The molecule has 0 amide bonds. The molecule has 4 atom stereocenters. The molecule has 1 aromatic heterocycles. The van der Waals surface area contributed by atoms with Crippen molar-refractivity contribution in [1.82, 2.24) is 26.9 Å². The first kappa shape index (κ1) is 20.2. The molecule has 0 saturated carbocycles. The number of aromatic amines is 1. The normalized spacial score (nSPS) is 25.4. The Bertz CT molecular complexity index is 632. The summed E-state index contributed by atoms with van der Waals surface area (Å²) in [5.74, 6) is -0.108. The second kappa shape index (κ2) is 9.54. The van der Waals surface area contributed by atoms with Crippen LogP contribution >= 0.6 is 0 Å². The van der Waals surface area contributed by atoms with E-state index in [2.05, 4.69) is 30.5 Å². The van der Waals surface area contributed by atoms with E-state index in [0.29, 0.717) is 0 Å². The molecule has 0 bridgehead atoms. The summed E-state index contributed by atoms with van der Waals surface area (Å²) in [5, 5.41) is 33.5. The van der Waals surface area contributed by atoms with Gasteiger partial charge in [-0.3, -0.25) is 19.8 Å². The van der Waals surface area contributed by atoms with Crippen molar-refractivity contribution in [1.29, 1.82) is 0 Å². The highest BCUT2D eigenvalue weighted by Crippen LogP contribution is 2.24. The zero-order chi connectivity index (χ0) is 19.1. The van der Waals surface area contributed by atoms with E-state index in [-0.39, 0.29) is 24.1 Å². The van der Waals surface area contributed by atoms with E-state index >= 15 is 0 Å². The number of hydrogen-bond acceptors (Lipinski definition) is 15. The number of ether oxygens (including phenoxy) is 1. The molecule has 0 aromatic carbocycles. The highest BCUT2D eigenvalue weighted by Gasteiger charge is 2.43. The molecule has 26 heavy (non-hydrogen) atoms. The van der Waals surface area contributed by atoms with Gasteiger partial charge in [0.1, 0.15) is 24.0 Å². The van der Waals surface area contributed by atoms with Gasteiger partial charge in [-0.05, 0) is 5.64 Å². The van der Waals surface area contributed by atoms with E-state index < -0.39 is 30.1 Å². The summed E-state index contributed by atoms with van der Waals surface area (Å²) in [7, 11) is 1.50. The molecule has 1 aliphatic heterocycles. The predicted octanol–water partition coefficient (Wildman–Crippen LogP) is -3.96. The zero-order valence-corrected chi connectivity index (χ0v) is 13.4. The van der Waals surface area contributed by atoms with Crippen molar-refractivity contribution in [2.75, 3.05) is 30.0 Å². The third kappa shape index (κ3) is 4.95. The molecule has 1 aliphatic rings. The maximum absolute atomic E-state index is 11.8. The fourth-order valence-electron chi connectivity index (χ4n) is 2.17. The van der Waals surface area contributed by atoms with Gasteiger partial charge < -0.3 is 31.3 Å². The van der Waals surface area contributed by atoms with Gasteiger partial charge in [-0.2, -0.15) is 14.9 Å². The molecule has 0 spiro atoms. The Balaban J connectivity index is 1.92. The van der Waals surface area contributed by atoms with E-state index in [9.17, 15) is 15.0 Å². The number of nitrogens with one attached hydrogen (secondary N) is 6. The third-order valence-electron chi connectivity index (χ3n) is 3.31. The summed E-state index contributed by atoms with van der Waals surface area (Å²) in [4.78, 5) is 31.2. The van der Waals surface area contributed by atoms with Crippen LogP contribution in [0.2, 0.25) is 0 Å². The van der Waals surface area contributed by atoms with Crippen molar-refractivity contribution in [3.63, 3.8) is 0 Å². The van der Waals surface area contributed by atoms with Crippen molar-refractivity contribution in [2.24, 2.45) is 0 Å². The Hall–Kier alpha value is -2.12. The minimum Gasteiger partial charge on any atom is -0.387 e. The Morgan fingerprint density at radius 3 is 2.77 bits per heavy atom. The highest BCUT2D eigenvalue weighted by atomic mass is 17.1. The molecule has 1 fully saturated rings. The van der Waals surface area contributed by atoms with Gasteiger partial charge in [0.05, 0.1) is 6.61 Å². The van der Waals surface area contributed by atoms with Crippen molar-refractivity contribution < 1.29 is 34.9 Å². The predicted molar refractivity (Wildman–Crippen MR) is 82.4 cm³/mol. The average Bonchev–Trinajstić information content (AvgIpc) is 2.86. The number of hydrogen-bond donors (Lipinski definition) is 10. The molecule has 1 saturated heterocycles. The van der Waals surface area contributed by atoms with Crippen molar-refractivity contribution in [2.45, 2.75) is 24.5 Å². The summed E-state index contributed by atoms with van der Waals surface area (Å²) < 4.78 is 5.44. The molecule has 16 nitrogen and oxygen atoms in total. The number of nitrogen functional groups attached to an aromatic ring is 1. The fourth-order valence-corrected chi connectivity index (χ4v) is 2.17. The third-order valence-corrected chi connectivity index (χ3v) is 3.31. The standard InChI is InChI=1S/C10H20N8O8/c1-12-4-7(14-10(11)15-8(4)21)13-9-6(20)5(19)3(24-9)2-23-17-26-18-25-16-22/h3,5-6,9,12,16-20,22H,2H2,1H3,(H4,11,13,14,15,21). The highest BCUT2D eigenvalue weighted by molar-refractivity contribution is 5.64. The monoisotopic (exact) mass is 380 g/mol. The number of nitrogens with two attached hydrogens (primary N) is 1. The van der Waals surface area contributed by atoms with Crippen LogP contribution in [0.15, 0.2) is 4.79 Å². The van der Waals surface area contributed by atoms with Crippen LogP contribution in [-0.4, -0.2) is 63.6 Å². The lowest BCUT2D eigenvalue weighted by molar-refractivity contribution is -0.339. The summed E-state index contributed by atoms with van der Waals surface area (Å²) in [6.45, 7) is -0.242. The molecule has 0 aliphatic carbocycles. The van der Waals surface area contributed by atoms with Gasteiger partial charge in [0.25, 0.3) is 5.56 Å². The molecule has 2 rings (SSSR count). The van der Waals surface area contributed by atoms with Crippen LogP contribution in [0.3, 0.4) is 0 Å². The van der Waals surface area contributed by atoms with Crippen molar-refractivity contribution in [3.8, 4) is 0 Å². The van der Waals surface area contributed by atoms with Gasteiger partial charge in [-0.1, -0.05) is 11.3 Å². The molecule has 11 N–H and O–H groups in total. The second-order valence-electron chi connectivity index (χ2n) is 4.92. The number of aliphatic hydroxyl groups excluding tert-OH is 2. The van der Waals surface area contributed by atoms with Gasteiger partial charge in [0.2, 0.25) is 5.95 Å². The topological polar surface area (TPSA) is 230 Å². The maximum Gasteiger partial charge on any atom is 0.277 e. The number of nitrogens with zero attached hydrogens (tertiary/aromatic N) is 1. The van der Waals surface area contributed by atoms with Gasteiger partial charge >= 0.3 is 0 Å². The van der Waals surface area contributed by atoms with Crippen LogP contribution in [-0.2, 0) is 19.5 Å². The Morgan fingerprint density at radius 1 is 1.31 bits per heavy atom. The fraction of sp³-hybridized carbons (Fsp3) is 0.600. The number of rotatable bonds is 10. The lowest BCUT2D eigenvalue weighted by Crippen LogP contribution is -2.38. The lowest BCUT2D eigenvalue weighted by Gasteiger charge is -2.18. The van der Waals surface area contributed by atoms with Crippen LogP contribution in [0, 0.1) is 0 Å². The molecule has 148 valence electrons. The second-order valence-corrected chi connectivity index (χ2v) is 4.92. The molecule has 16 heteroatoms. The zero-order valence-electron chi connectivity index (χ0n) is 13.4. The maximum atomic E-state index is 11.8. The smallest absolute Gasteiger partial charge is 0.277 e. The summed E-state index contributed by atoms with van der Waals surface area (Å²) >= 11 is 0. The van der Waals surface area contributed by atoms with Gasteiger partial charge in [-0.15, -0.1) is 0 Å². The SMILES string of the molecule is CNc1c(NC2OC(CONONONO)C(O)C2O)nc(N)[nH]c1=O. The van der Waals surface area contributed by atoms with E-state index in [1.54, 1.807) is 5.64 Å². The first-order valence-electron chi connectivity index (χ1n) is 7.16. The largest absolute Gasteiger partial charge is 0.387 e. The number of aliphatic hydroxyl groups is 2. The van der Waals surface area contributed by atoms with E-state index in [0.717, 1.165) is 0 Å². The van der Waals surface area contributed by atoms with Crippen LogP contribution in [0.25, 0.3) is 0 Å². The average molecular weight is 380 g/mol. The van der Waals surface area contributed by atoms with E-state index in [1.165, 1.54) is 12.7 Å². The van der Waals surface area contributed by atoms with Gasteiger partial charge in [0, 0.05) is 7.05 Å². The molecular formula is C10H20N8O8. The number of H-pyrrole nitrogens is 1. The number of anilines is 3. The Kier molecular flexibility index (Phi) is 7.41. The Labute approximate surface area is 145 Å². The lowest BCUT2D eigenvalue weighted by atomic mass is 10.1. The molecule has 0 radical (unpaired) electrons. The first-order valence-corrected chi connectivity index (χ1v) is 7.16. The Morgan fingerprint density at radius 2 is 2.08 bits per heavy atom.